The van der Waals surface area contributed by atoms with Gasteiger partial charge in [-0.2, -0.15) is 9.40 Å². The number of nitrogens with zero attached hydrogens (tertiary/aromatic N) is 2. The van der Waals surface area contributed by atoms with Gasteiger partial charge in [-0.05, 0) is 6.92 Å². The third-order valence-corrected chi connectivity index (χ3v) is 4.15. The lowest BCUT2D eigenvalue weighted by Crippen LogP contribution is -2.44. The average Bonchev–Trinajstić information content (AvgIpc) is 2.71. The van der Waals surface area contributed by atoms with Crippen LogP contribution in [0.3, 0.4) is 0 Å². The fourth-order valence-electron chi connectivity index (χ4n) is 1.53. The molecule has 0 bridgehead atoms. The molecule has 15 heavy (non-hydrogen) atoms. The lowest BCUT2D eigenvalue weighted by Gasteiger charge is -2.29. The quantitative estimate of drug-likeness (QED) is 0.766. The van der Waals surface area contributed by atoms with E-state index < -0.39 is 10.0 Å². The standard InChI is InChI=1S/C8H13N3O3S/c1-7-6-11(2-3-14-7)15(12,13)8-4-9-10-5-8/h4-5,7H,2-3,6H2,1H3,(H,9,10). The molecule has 1 aromatic heterocycles. The van der Waals surface area contributed by atoms with Gasteiger partial charge in [0.1, 0.15) is 4.90 Å². The summed E-state index contributed by atoms with van der Waals surface area (Å²) < 4.78 is 30.7. The van der Waals surface area contributed by atoms with Crippen LogP contribution in [0.5, 0.6) is 0 Å². The van der Waals surface area contributed by atoms with Crippen molar-refractivity contribution in [2.75, 3.05) is 19.7 Å². The highest BCUT2D eigenvalue weighted by Crippen LogP contribution is 2.16. The number of morpholine rings is 1. The molecule has 1 aliphatic heterocycles. The summed E-state index contributed by atoms with van der Waals surface area (Å²) in [7, 11) is -3.39. The molecular formula is C8H13N3O3S. The van der Waals surface area contributed by atoms with E-state index in [1.54, 1.807) is 0 Å². The number of hydrogen-bond donors (Lipinski definition) is 1. The minimum Gasteiger partial charge on any atom is -0.376 e. The van der Waals surface area contributed by atoms with Crippen LogP contribution in [0.4, 0.5) is 0 Å². The molecule has 1 saturated heterocycles. The first-order valence-corrected chi connectivity index (χ1v) is 6.15. The van der Waals surface area contributed by atoms with E-state index in [1.807, 2.05) is 6.92 Å². The molecule has 0 saturated carbocycles. The van der Waals surface area contributed by atoms with Gasteiger partial charge in [0.15, 0.2) is 0 Å². The van der Waals surface area contributed by atoms with Crippen molar-refractivity contribution < 1.29 is 13.2 Å². The van der Waals surface area contributed by atoms with Gasteiger partial charge in [-0.1, -0.05) is 0 Å². The van der Waals surface area contributed by atoms with Gasteiger partial charge in [0.2, 0.25) is 10.0 Å². The van der Waals surface area contributed by atoms with Crippen molar-refractivity contribution in [1.82, 2.24) is 14.5 Å². The first-order chi connectivity index (χ1) is 7.10. The summed E-state index contributed by atoms with van der Waals surface area (Å²) in [5.41, 5.74) is 0. The summed E-state index contributed by atoms with van der Waals surface area (Å²) in [6.07, 6.45) is 2.64. The number of aromatic nitrogens is 2. The van der Waals surface area contributed by atoms with Crippen molar-refractivity contribution in [3.63, 3.8) is 0 Å². The van der Waals surface area contributed by atoms with E-state index in [-0.39, 0.29) is 11.0 Å². The molecule has 1 fully saturated rings. The summed E-state index contributed by atoms with van der Waals surface area (Å²) >= 11 is 0. The number of hydrogen-bond acceptors (Lipinski definition) is 4. The largest absolute Gasteiger partial charge is 0.376 e. The SMILES string of the molecule is CC1CN(S(=O)(=O)c2cn[nH]c2)CCO1. The molecule has 0 radical (unpaired) electrons. The summed E-state index contributed by atoms with van der Waals surface area (Å²) in [4.78, 5) is 0.205. The van der Waals surface area contributed by atoms with Crippen LogP contribution in [-0.4, -0.2) is 48.7 Å². The molecule has 1 unspecified atom stereocenters. The highest BCUT2D eigenvalue weighted by atomic mass is 32.2. The molecule has 0 aromatic carbocycles. The second-order valence-electron chi connectivity index (χ2n) is 3.48. The lowest BCUT2D eigenvalue weighted by molar-refractivity contribution is 0.0102. The van der Waals surface area contributed by atoms with Gasteiger partial charge in [0.05, 0.1) is 18.9 Å². The zero-order valence-corrected chi connectivity index (χ0v) is 9.20. The highest BCUT2D eigenvalue weighted by Gasteiger charge is 2.29. The van der Waals surface area contributed by atoms with E-state index in [9.17, 15) is 8.42 Å². The van der Waals surface area contributed by atoms with Gasteiger partial charge >= 0.3 is 0 Å². The van der Waals surface area contributed by atoms with Crippen LogP contribution < -0.4 is 0 Å². The van der Waals surface area contributed by atoms with Crippen molar-refractivity contribution in [3.05, 3.63) is 12.4 Å². The van der Waals surface area contributed by atoms with Gasteiger partial charge in [0.25, 0.3) is 0 Å². The maximum atomic E-state index is 12.0. The molecule has 0 amide bonds. The Hall–Kier alpha value is -0.920. The van der Waals surface area contributed by atoms with E-state index in [2.05, 4.69) is 10.2 Å². The Morgan fingerprint density at radius 3 is 3.07 bits per heavy atom. The monoisotopic (exact) mass is 231 g/mol. The molecule has 1 N–H and O–H groups in total. The average molecular weight is 231 g/mol. The highest BCUT2D eigenvalue weighted by molar-refractivity contribution is 7.89. The Morgan fingerprint density at radius 1 is 1.67 bits per heavy atom. The summed E-state index contributed by atoms with van der Waals surface area (Å²) in [5, 5.41) is 6.14. The van der Waals surface area contributed by atoms with Crippen LogP contribution in [0.1, 0.15) is 6.92 Å². The first-order valence-electron chi connectivity index (χ1n) is 4.71. The maximum Gasteiger partial charge on any atom is 0.246 e. The number of ether oxygens (including phenoxy) is 1. The van der Waals surface area contributed by atoms with Crippen molar-refractivity contribution >= 4 is 10.0 Å². The van der Waals surface area contributed by atoms with E-state index >= 15 is 0 Å². The number of aromatic amines is 1. The van der Waals surface area contributed by atoms with Crippen molar-refractivity contribution in [1.29, 1.82) is 0 Å². The number of nitrogens with one attached hydrogen (secondary N) is 1. The van der Waals surface area contributed by atoms with Crippen molar-refractivity contribution in [3.8, 4) is 0 Å². The molecule has 2 heterocycles. The second-order valence-corrected chi connectivity index (χ2v) is 5.42. The first kappa shape index (κ1) is 10.6. The minimum atomic E-state index is -3.39. The zero-order chi connectivity index (χ0) is 10.9. The van der Waals surface area contributed by atoms with Crippen LogP contribution in [-0.2, 0) is 14.8 Å². The minimum absolute atomic E-state index is 0.0552. The lowest BCUT2D eigenvalue weighted by atomic mass is 10.3. The molecule has 7 heteroatoms. The number of rotatable bonds is 2. The topological polar surface area (TPSA) is 75.3 Å². The molecular weight excluding hydrogens is 218 g/mol. The van der Waals surface area contributed by atoms with E-state index in [4.69, 9.17) is 4.74 Å². The Bertz CT molecular complexity index is 414. The predicted molar refractivity (Wildman–Crippen MR) is 52.8 cm³/mol. The third-order valence-electron chi connectivity index (χ3n) is 2.31. The Kier molecular flexibility index (Phi) is 2.76. The fourth-order valence-corrected chi connectivity index (χ4v) is 2.94. The molecule has 6 nitrogen and oxygen atoms in total. The van der Waals surface area contributed by atoms with E-state index in [1.165, 1.54) is 16.7 Å². The van der Waals surface area contributed by atoms with Crippen LogP contribution >= 0.6 is 0 Å². The second kappa shape index (κ2) is 3.92. The molecule has 0 spiro atoms. The van der Waals surface area contributed by atoms with Crippen molar-refractivity contribution in [2.24, 2.45) is 0 Å². The number of sulfonamides is 1. The molecule has 84 valence electrons. The van der Waals surface area contributed by atoms with E-state index in [0.717, 1.165) is 0 Å². The van der Waals surface area contributed by atoms with Crippen LogP contribution in [0.15, 0.2) is 17.3 Å². The smallest absolute Gasteiger partial charge is 0.246 e. The fraction of sp³-hybridized carbons (Fsp3) is 0.625. The summed E-state index contributed by atoms with van der Waals surface area (Å²) in [5.74, 6) is 0. The Morgan fingerprint density at radius 2 is 2.47 bits per heavy atom. The Balaban J connectivity index is 2.22. The zero-order valence-electron chi connectivity index (χ0n) is 8.38. The molecule has 1 aromatic rings. The van der Waals surface area contributed by atoms with Gasteiger partial charge in [-0.3, -0.25) is 5.10 Å². The predicted octanol–water partition coefficient (Wildman–Crippen LogP) is -0.181. The van der Waals surface area contributed by atoms with Gasteiger partial charge in [0, 0.05) is 19.3 Å². The summed E-state index contributed by atoms with van der Waals surface area (Å²) in [6, 6.07) is 0. The molecule has 0 aliphatic carbocycles. The van der Waals surface area contributed by atoms with Gasteiger partial charge in [-0.15, -0.1) is 0 Å². The number of H-pyrrole nitrogens is 1. The summed E-state index contributed by atoms with van der Waals surface area (Å²) in [6.45, 7) is 3.10. The van der Waals surface area contributed by atoms with Crippen LogP contribution in [0, 0.1) is 0 Å². The van der Waals surface area contributed by atoms with Crippen LogP contribution in [0.2, 0.25) is 0 Å². The molecule has 1 aliphatic rings. The van der Waals surface area contributed by atoms with Gasteiger partial charge < -0.3 is 4.74 Å². The Labute approximate surface area is 88.3 Å². The third kappa shape index (κ3) is 2.04. The van der Waals surface area contributed by atoms with Crippen molar-refractivity contribution in [2.45, 2.75) is 17.9 Å². The van der Waals surface area contributed by atoms with Crippen LogP contribution in [0.25, 0.3) is 0 Å². The molecule has 1 atom stereocenters. The maximum absolute atomic E-state index is 12.0. The van der Waals surface area contributed by atoms with Gasteiger partial charge in [-0.25, -0.2) is 8.42 Å². The normalized spacial score (nSPS) is 24.2. The molecule has 2 rings (SSSR count). The van der Waals surface area contributed by atoms with E-state index in [0.29, 0.717) is 19.7 Å².